The fourth-order valence-corrected chi connectivity index (χ4v) is 3.26. The smallest absolute Gasteiger partial charge is 0.314 e. The number of carbonyl (C=O) groups excluding carboxylic acids is 1. The Morgan fingerprint density at radius 3 is 2.68 bits per heavy atom. The van der Waals surface area contributed by atoms with Crippen LogP contribution in [0.5, 0.6) is 0 Å². The van der Waals surface area contributed by atoms with Crippen molar-refractivity contribution >= 4 is 11.9 Å². The number of piperidine rings is 1. The number of rotatable bonds is 5. The summed E-state index contributed by atoms with van der Waals surface area (Å²) in [6, 6.07) is 1.74. The van der Waals surface area contributed by atoms with E-state index >= 15 is 0 Å². The van der Waals surface area contributed by atoms with Gasteiger partial charge in [-0.2, -0.15) is 5.10 Å². The lowest BCUT2D eigenvalue weighted by Crippen LogP contribution is -2.57. The summed E-state index contributed by atoms with van der Waals surface area (Å²) in [6.45, 7) is 0.573. The molecular weight excluding hydrogens is 286 g/mol. The highest BCUT2D eigenvalue weighted by molar-refractivity contribution is 5.80. The van der Waals surface area contributed by atoms with E-state index in [4.69, 9.17) is 0 Å². The molecule has 0 unspecified atom stereocenters. The number of carbonyl (C=O) groups is 2. The first-order valence-electron chi connectivity index (χ1n) is 7.68. The van der Waals surface area contributed by atoms with Gasteiger partial charge in [0.15, 0.2) is 0 Å². The highest BCUT2D eigenvalue weighted by atomic mass is 16.4. The molecule has 2 atom stereocenters. The SMILES string of the molecule is O=C(Cn1cccn1)N1CC[C@@H](O)[C@](CC2CC2)(C(=O)O)C1. The van der Waals surface area contributed by atoms with Crippen LogP contribution >= 0.6 is 0 Å². The van der Waals surface area contributed by atoms with Gasteiger partial charge in [0.25, 0.3) is 0 Å². The molecule has 1 amide bonds. The van der Waals surface area contributed by atoms with E-state index in [2.05, 4.69) is 5.10 Å². The van der Waals surface area contributed by atoms with E-state index in [1.54, 1.807) is 23.4 Å². The van der Waals surface area contributed by atoms with E-state index in [1.165, 1.54) is 4.68 Å². The molecule has 1 saturated heterocycles. The van der Waals surface area contributed by atoms with Crippen LogP contribution in [-0.4, -0.2) is 56.0 Å². The molecule has 0 aromatic carbocycles. The second-order valence-corrected chi connectivity index (χ2v) is 6.43. The monoisotopic (exact) mass is 307 g/mol. The van der Waals surface area contributed by atoms with Gasteiger partial charge in [-0.3, -0.25) is 14.3 Å². The lowest BCUT2D eigenvalue weighted by Gasteiger charge is -2.43. The summed E-state index contributed by atoms with van der Waals surface area (Å²) in [7, 11) is 0. The summed E-state index contributed by atoms with van der Waals surface area (Å²) >= 11 is 0. The van der Waals surface area contributed by atoms with Crippen molar-refractivity contribution in [1.29, 1.82) is 0 Å². The number of nitrogens with zero attached hydrogens (tertiary/aromatic N) is 3. The number of aliphatic carboxylic acids is 1. The van der Waals surface area contributed by atoms with Gasteiger partial charge in [-0.15, -0.1) is 0 Å². The van der Waals surface area contributed by atoms with Crippen molar-refractivity contribution in [2.75, 3.05) is 13.1 Å². The molecule has 7 nitrogen and oxygen atoms in total. The maximum Gasteiger partial charge on any atom is 0.314 e. The first-order valence-corrected chi connectivity index (χ1v) is 7.68. The highest BCUT2D eigenvalue weighted by Crippen LogP contribution is 2.45. The number of carboxylic acids is 1. The average molecular weight is 307 g/mol. The largest absolute Gasteiger partial charge is 0.481 e. The van der Waals surface area contributed by atoms with Crippen molar-refractivity contribution in [2.45, 2.75) is 38.3 Å². The van der Waals surface area contributed by atoms with Crippen molar-refractivity contribution in [2.24, 2.45) is 11.3 Å². The summed E-state index contributed by atoms with van der Waals surface area (Å²) in [5, 5.41) is 24.0. The first kappa shape index (κ1) is 15.0. The van der Waals surface area contributed by atoms with Crippen molar-refractivity contribution < 1.29 is 19.8 Å². The predicted molar refractivity (Wildman–Crippen MR) is 76.8 cm³/mol. The number of aromatic nitrogens is 2. The van der Waals surface area contributed by atoms with Crippen LogP contribution in [0.4, 0.5) is 0 Å². The predicted octanol–water partition coefficient (Wildman–Crippen LogP) is 0.347. The molecule has 1 aromatic rings. The van der Waals surface area contributed by atoms with Crippen LogP contribution in [0.2, 0.25) is 0 Å². The Labute approximate surface area is 128 Å². The Kier molecular flexibility index (Phi) is 3.90. The third-order valence-electron chi connectivity index (χ3n) is 4.77. The number of hydrogen-bond donors (Lipinski definition) is 2. The summed E-state index contributed by atoms with van der Waals surface area (Å²) in [6.07, 6.45) is 5.21. The van der Waals surface area contributed by atoms with E-state index in [9.17, 15) is 19.8 Å². The number of hydrogen-bond acceptors (Lipinski definition) is 4. The summed E-state index contributed by atoms with van der Waals surface area (Å²) in [5.41, 5.74) is -1.22. The molecule has 0 bridgehead atoms. The van der Waals surface area contributed by atoms with Gasteiger partial charge in [-0.1, -0.05) is 12.8 Å². The van der Waals surface area contributed by atoms with Gasteiger partial charge in [0.05, 0.1) is 6.10 Å². The maximum atomic E-state index is 12.4. The summed E-state index contributed by atoms with van der Waals surface area (Å²) in [5.74, 6) is -0.785. The maximum absolute atomic E-state index is 12.4. The summed E-state index contributed by atoms with van der Waals surface area (Å²) < 4.78 is 1.52. The number of aliphatic hydroxyl groups is 1. The molecule has 3 rings (SSSR count). The van der Waals surface area contributed by atoms with E-state index in [0.717, 1.165) is 12.8 Å². The van der Waals surface area contributed by atoms with Gasteiger partial charge in [0, 0.05) is 25.5 Å². The van der Waals surface area contributed by atoms with Crippen LogP contribution < -0.4 is 0 Å². The molecule has 120 valence electrons. The molecule has 2 N–H and O–H groups in total. The third kappa shape index (κ3) is 2.85. The van der Waals surface area contributed by atoms with Gasteiger partial charge in [-0.05, 0) is 24.8 Å². The number of likely N-dealkylation sites (tertiary alicyclic amines) is 1. The van der Waals surface area contributed by atoms with Gasteiger partial charge in [0.1, 0.15) is 12.0 Å². The lowest BCUT2D eigenvalue weighted by atomic mass is 9.73. The van der Waals surface area contributed by atoms with Gasteiger partial charge in [0.2, 0.25) is 5.91 Å². The molecule has 2 heterocycles. The van der Waals surface area contributed by atoms with Gasteiger partial charge in [-0.25, -0.2) is 0 Å². The first-order chi connectivity index (χ1) is 10.5. The van der Waals surface area contributed by atoms with Crippen LogP contribution in [0.1, 0.15) is 25.7 Å². The Hall–Kier alpha value is -1.89. The fraction of sp³-hybridized carbons (Fsp3) is 0.667. The summed E-state index contributed by atoms with van der Waals surface area (Å²) in [4.78, 5) is 25.8. The van der Waals surface area contributed by atoms with Crippen molar-refractivity contribution in [1.82, 2.24) is 14.7 Å². The lowest BCUT2D eigenvalue weighted by molar-refractivity contribution is -0.167. The molecule has 1 aliphatic carbocycles. The topological polar surface area (TPSA) is 95.7 Å². The number of amides is 1. The highest BCUT2D eigenvalue weighted by Gasteiger charge is 2.52. The molecule has 1 aliphatic heterocycles. The van der Waals surface area contributed by atoms with Crippen molar-refractivity contribution in [3.05, 3.63) is 18.5 Å². The zero-order chi connectivity index (χ0) is 15.7. The minimum atomic E-state index is -1.22. The van der Waals surface area contributed by atoms with E-state index < -0.39 is 17.5 Å². The van der Waals surface area contributed by atoms with Gasteiger partial charge < -0.3 is 15.1 Å². The van der Waals surface area contributed by atoms with Crippen LogP contribution in [0, 0.1) is 11.3 Å². The molecule has 0 radical (unpaired) electrons. The Morgan fingerprint density at radius 1 is 1.32 bits per heavy atom. The second-order valence-electron chi connectivity index (χ2n) is 6.43. The molecule has 2 aliphatic rings. The second kappa shape index (κ2) is 5.72. The molecule has 0 spiro atoms. The molecule has 1 saturated carbocycles. The van der Waals surface area contributed by atoms with Crippen LogP contribution in [0.25, 0.3) is 0 Å². The Morgan fingerprint density at radius 2 is 2.09 bits per heavy atom. The van der Waals surface area contributed by atoms with Crippen LogP contribution in [-0.2, 0) is 16.1 Å². The molecule has 1 aromatic heterocycles. The van der Waals surface area contributed by atoms with E-state index in [1.807, 2.05) is 0 Å². The zero-order valence-electron chi connectivity index (χ0n) is 12.4. The molecule has 2 fully saturated rings. The zero-order valence-corrected chi connectivity index (χ0v) is 12.4. The van der Waals surface area contributed by atoms with Crippen molar-refractivity contribution in [3.63, 3.8) is 0 Å². The average Bonchev–Trinajstić information content (AvgIpc) is 3.14. The number of aliphatic hydroxyl groups excluding tert-OH is 1. The van der Waals surface area contributed by atoms with Crippen LogP contribution in [0.15, 0.2) is 18.5 Å². The minimum absolute atomic E-state index is 0.0834. The van der Waals surface area contributed by atoms with Crippen LogP contribution in [0.3, 0.4) is 0 Å². The number of carboxylic acid groups (broad SMARTS) is 1. The van der Waals surface area contributed by atoms with E-state index in [0.29, 0.717) is 25.3 Å². The fourth-order valence-electron chi connectivity index (χ4n) is 3.26. The minimum Gasteiger partial charge on any atom is -0.481 e. The quantitative estimate of drug-likeness (QED) is 0.818. The molecule has 22 heavy (non-hydrogen) atoms. The Bertz CT molecular complexity index is 555. The van der Waals surface area contributed by atoms with Crippen molar-refractivity contribution in [3.8, 4) is 0 Å². The standard InChI is InChI=1S/C15H21N3O4/c19-12-4-7-17(13(20)9-18-6-1-5-16-18)10-15(12,14(21)22)8-11-2-3-11/h1,5-6,11-12,19H,2-4,7-10H2,(H,21,22)/t12-,15-/m1/s1. The molecule has 7 heteroatoms. The van der Waals surface area contributed by atoms with E-state index in [-0.39, 0.29) is 19.0 Å². The normalized spacial score (nSPS) is 28.6. The van der Waals surface area contributed by atoms with Gasteiger partial charge >= 0.3 is 5.97 Å². The molecular formula is C15H21N3O4. The third-order valence-corrected chi connectivity index (χ3v) is 4.77. The Balaban J connectivity index is 1.73.